The van der Waals surface area contributed by atoms with Crippen molar-refractivity contribution in [2.24, 2.45) is 0 Å². The van der Waals surface area contributed by atoms with Crippen molar-refractivity contribution in [3.05, 3.63) is 71.3 Å². The van der Waals surface area contributed by atoms with Crippen LogP contribution in [0.2, 0.25) is 0 Å². The van der Waals surface area contributed by atoms with Gasteiger partial charge in [-0.25, -0.2) is 4.79 Å². The van der Waals surface area contributed by atoms with E-state index in [1.54, 1.807) is 32.3 Å². The molecule has 1 atom stereocenters. The number of carbonyl (C=O) groups is 3. The van der Waals surface area contributed by atoms with Crippen LogP contribution in [0, 0.1) is 0 Å². The molecule has 0 heterocycles. The SMILES string of the molecule is CN(C)C(=O)C(Cc1ccccc1)NC(=O)CCc1ccccc1C(=O)O. The third-order valence-electron chi connectivity index (χ3n) is 4.23. The first kappa shape index (κ1) is 20.2. The van der Waals surface area contributed by atoms with Crippen molar-refractivity contribution in [2.75, 3.05) is 14.1 Å². The minimum Gasteiger partial charge on any atom is -0.478 e. The van der Waals surface area contributed by atoms with Crippen LogP contribution in [0.5, 0.6) is 0 Å². The van der Waals surface area contributed by atoms with Crippen LogP contribution >= 0.6 is 0 Å². The Morgan fingerprint density at radius 1 is 1.00 bits per heavy atom. The number of amides is 2. The summed E-state index contributed by atoms with van der Waals surface area (Å²) < 4.78 is 0. The number of hydrogen-bond donors (Lipinski definition) is 2. The van der Waals surface area contributed by atoms with Gasteiger partial charge in [-0.05, 0) is 23.6 Å². The van der Waals surface area contributed by atoms with E-state index in [1.807, 2.05) is 30.3 Å². The molecular weight excluding hydrogens is 344 g/mol. The Morgan fingerprint density at radius 2 is 1.63 bits per heavy atom. The molecule has 0 saturated heterocycles. The zero-order chi connectivity index (χ0) is 19.8. The second kappa shape index (κ2) is 9.52. The zero-order valence-electron chi connectivity index (χ0n) is 15.5. The molecular formula is C21H24N2O4. The second-order valence-electron chi connectivity index (χ2n) is 6.50. The van der Waals surface area contributed by atoms with Gasteiger partial charge in [-0.1, -0.05) is 48.5 Å². The van der Waals surface area contributed by atoms with Crippen LogP contribution < -0.4 is 5.32 Å². The van der Waals surface area contributed by atoms with E-state index in [0.717, 1.165) is 5.56 Å². The lowest BCUT2D eigenvalue weighted by Crippen LogP contribution is -2.47. The van der Waals surface area contributed by atoms with Crippen molar-refractivity contribution >= 4 is 17.8 Å². The maximum absolute atomic E-state index is 12.4. The predicted molar refractivity (Wildman–Crippen MR) is 102 cm³/mol. The number of aryl methyl sites for hydroxylation is 1. The Labute approximate surface area is 158 Å². The van der Waals surface area contributed by atoms with Gasteiger partial charge in [0.15, 0.2) is 0 Å². The second-order valence-corrected chi connectivity index (χ2v) is 6.50. The maximum Gasteiger partial charge on any atom is 0.335 e. The molecule has 0 radical (unpaired) electrons. The van der Waals surface area contributed by atoms with Crippen LogP contribution in [0.3, 0.4) is 0 Å². The van der Waals surface area contributed by atoms with E-state index in [1.165, 1.54) is 11.0 Å². The summed E-state index contributed by atoms with van der Waals surface area (Å²) in [6, 6.07) is 15.4. The van der Waals surface area contributed by atoms with Gasteiger partial charge in [0.25, 0.3) is 0 Å². The number of hydrogen-bond acceptors (Lipinski definition) is 3. The average Bonchev–Trinajstić information content (AvgIpc) is 2.66. The normalized spacial score (nSPS) is 11.5. The highest BCUT2D eigenvalue weighted by Gasteiger charge is 2.23. The molecule has 0 aliphatic heterocycles. The molecule has 0 spiro atoms. The van der Waals surface area contributed by atoms with E-state index in [4.69, 9.17) is 0 Å². The molecule has 0 saturated carbocycles. The third kappa shape index (κ3) is 5.95. The maximum atomic E-state index is 12.4. The summed E-state index contributed by atoms with van der Waals surface area (Å²) in [5, 5.41) is 12.0. The molecule has 2 aromatic rings. The number of likely N-dealkylation sites (N-methyl/N-ethyl adjacent to an activating group) is 1. The van der Waals surface area contributed by atoms with E-state index < -0.39 is 12.0 Å². The van der Waals surface area contributed by atoms with Gasteiger partial charge in [-0.15, -0.1) is 0 Å². The van der Waals surface area contributed by atoms with E-state index in [-0.39, 0.29) is 23.8 Å². The molecule has 0 fully saturated rings. The quantitative estimate of drug-likeness (QED) is 0.747. The number of rotatable bonds is 8. The Balaban J connectivity index is 2.03. The number of carbonyl (C=O) groups excluding carboxylic acids is 2. The van der Waals surface area contributed by atoms with Crippen molar-refractivity contribution in [1.29, 1.82) is 0 Å². The molecule has 142 valence electrons. The first-order valence-corrected chi connectivity index (χ1v) is 8.74. The van der Waals surface area contributed by atoms with E-state index in [2.05, 4.69) is 5.32 Å². The van der Waals surface area contributed by atoms with E-state index in [9.17, 15) is 19.5 Å². The van der Waals surface area contributed by atoms with Gasteiger partial charge in [0, 0.05) is 26.9 Å². The van der Waals surface area contributed by atoms with Crippen LogP contribution in [-0.4, -0.2) is 47.9 Å². The smallest absolute Gasteiger partial charge is 0.335 e. The predicted octanol–water partition coefficient (Wildman–Crippen LogP) is 2.13. The molecule has 0 aliphatic rings. The van der Waals surface area contributed by atoms with Crippen LogP contribution in [-0.2, 0) is 22.4 Å². The van der Waals surface area contributed by atoms with Gasteiger partial charge >= 0.3 is 5.97 Å². The van der Waals surface area contributed by atoms with Crippen molar-refractivity contribution in [3.8, 4) is 0 Å². The number of nitrogens with one attached hydrogen (secondary N) is 1. The fourth-order valence-corrected chi connectivity index (χ4v) is 2.82. The Morgan fingerprint density at radius 3 is 2.26 bits per heavy atom. The number of benzene rings is 2. The van der Waals surface area contributed by atoms with E-state index >= 15 is 0 Å². The van der Waals surface area contributed by atoms with Gasteiger partial charge in [-0.2, -0.15) is 0 Å². The van der Waals surface area contributed by atoms with Gasteiger partial charge in [0.1, 0.15) is 6.04 Å². The summed E-state index contributed by atoms with van der Waals surface area (Å²) in [6.45, 7) is 0. The first-order chi connectivity index (χ1) is 12.9. The summed E-state index contributed by atoms with van der Waals surface area (Å²) >= 11 is 0. The van der Waals surface area contributed by atoms with Crippen molar-refractivity contribution in [3.63, 3.8) is 0 Å². The number of nitrogens with zero attached hydrogens (tertiary/aromatic N) is 1. The lowest BCUT2D eigenvalue weighted by Gasteiger charge is -2.22. The molecule has 0 bridgehead atoms. The molecule has 2 N–H and O–H groups in total. The summed E-state index contributed by atoms with van der Waals surface area (Å²) in [5.74, 6) is -1.49. The molecule has 1 unspecified atom stereocenters. The first-order valence-electron chi connectivity index (χ1n) is 8.74. The highest BCUT2D eigenvalue weighted by atomic mass is 16.4. The number of carboxylic acid groups (broad SMARTS) is 1. The minimum atomic E-state index is -1.02. The Kier molecular flexibility index (Phi) is 7.11. The average molecular weight is 368 g/mol. The molecule has 27 heavy (non-hydrogen) atoms. The van der Waals surface area contributed by atoms with Gasteiger partial charge in [0.2, 0.25) is 11.8 Å². The Bertz CT molecular complexity index is 803. The monoisotopic (exact) mass is 368 g/mol. The summed E-state index contributed by atoms with van der Waals surface area (Å²) in [5.41, 5.74) is 1.74. The molecule has 2 aromatic carbocycles. The van der Waals surface area contributed by atoms with Crippen LogP contribution in [0.4, 0.5) is 0 Å². The molecule has 0 aliphatic carbocycles. The molecule has 6 heteroatoms. The highest BCUT2D eigenvalue weighted by molar-refractivity contribution is 5.90. The van der Waals surface area contributed by atoms with Crippen molar-refractivity contribution in [2.45, 2.75) is 25.3 Å². The minimum absolute atomic E-state index is 0.107. The number of carboxylic acids is 1. The molecule has 0 aromatic heterocycles. The van der Waals surface area contributed by atoms with E-state index in [0.29, 0.717) is 18.4 Å². The fraction of sp³-hybridized carbons (Fsp3) is 0.286. The fourth-order valence-electron chi connectivity index (χ4n) is 2.82. The summed E-state index contributed by atoms with van der Waals surface area (Å²) in [6.07, 6.45) is 0.800. The van der Waals surface area contributed by atoms with Crippen molar-refractivity contribution < 1.29 is 19.5 Å². The lowest BCUT2D eigenvalue weighted by molar-refractivity contribution is -0.134. The third-order valence-corrected chi connectivity index (χ3v) is 4.23. The largest absolute Gasteiger partial charge is 0.478 e. The summed E-state index contributed by atoms with van der Waals surface area (Å²) in [7, 11) is 3.30. The molecule has 2 rings (SSSR count). The van der Waals surface area contributed by atoms with Gasteiger partial charge < -0.3 is 15.3 Å². The topological polar surface area (TPSA) is 86.7 Å². The van der Waals surface area contributed by atoms with Gasteiger partial charge in [0.05, 0.1) is 5.56 Å². The standard InChI is InChI=1S/C21H24N2O4/c1-23(2)20(25)18(14-15-8-4-3-5-9-15)22-19(24)13-12-16-10-6-7-11-17(16)21(26)27/h3-11,18H,12-14H2,1-2H3,(H,22,24)(H,26,27). The number of aromatic carboxylic acids is 1. The van der Waals surface area contributed by atoms with Crippen LogP contribution in [0.1, 0.15) is 27.9 Å². The van der Waals surface area contributed by atoms with Crippen molar-refractivity contribution in [1.82, 2.24) is 10.2 Å². The Hall–Kier alpha value is -3.15. The molecule has 2 amide bonds. The van der Waals surface area contributed by atoms with Gasteiger partial charge in [-0.3, -0.25) is 9.59 Å². The zero-order valence-corrected chi connectivity index (χ0v) is 15.5. The molecule has 6 nitrogen and oxygen atoms in total. The summed E-state index contributed by atoms with van der Waals surface area (Å²) in [4.78, 5) is 37.5. The lowest BCUT2D eigenvalue weighted by atomic mass is 10.0. The highest BCUT2D eigenvalue weighted by Crippen LogP contribution is 2.12. The van der Waals surface area contributed by atoms with Crippen LogP contribution in [0.25, 0.3) is 0 Å². The van der Waals surface area contributed by atoms with Crippen LogP contribution in [0.15, 0.2) is 54.6 Å².